The van der Waals surface area contributed by atoms with Crippen LogP contribution in [0.2, 0.25) is 0 Å². The normalized spacial score (nSPS) is 10.9. The van der Waals surface area contributed by atoms with Crippen LogP contribution in [0.25, 0.3) is 22.2 Å². The summed E-state index contributed by atoms with van der Waals surface area (Å²) in [7, 11) is 0. The van der Waals surface area contributed by atoms with Crippen LogP contribution >= 0.6 is 0 Å². The van der Waals surface area contributed by atoms with Crippen LogP contribution in [0.4, 0.5) is 0 Å². The smallest absolute Gasteiger partial charge is 0.150 e. The second-order valence-corrected chi connectivity index (χ2v) is 6.65. The molecular formula is C24H20N2O. The Bertz CT molecular complexity index is 1080. The fourth-order valence-corrected chi connectivity index (χ4v) is 3.26. The topological polar surface area (TPSA) is 42.9 Å². The number of aromatic nitrogens is 2. The van der Waals surface area contributed by atoms with Crippen LogP contribution in [-0.4, -0.2) is 16.3 Å². The van der Waals surface area contributed by atoms with Gasteiger partial charge < -0.3 is 0 Å². The van der Waals surface area contributed by atoms with Crippen LogP contribution < -0.4 is 0 Å². The number of pyridine rings is 2. The molecule has 0 unspecified atom stereocenters. The van der Waals surface area contributed by atoms with E-state index in [0.29, 0.717) is 5.56 Å². The highest BCUT2D eigenvalue weighted by Crippen LogP contribution is 2.24. The van der Waals surface area contributed by atoms with Crippen LogP contribution in [0.5, 0.6) is 0 Å². The van der Waals surface area contributed by atoms with E-state index in [-0.39, 0.29) is 0 Å². The summed E-state index contributed by atoms with van der Waals surface area (Å²) in [5.74, 6) is 0. The van der Waals surface area contributed by atoms with Crippen molar-refractivity contribution in [1.82, 2.24) is 9.97 Å². The van der Waals surface area contributed by atoms with E-state index in [4.69, 9.17) is 0 Å². The first-order valence-corrected chi connectivity index (χ1v) is 9.14. The Morgan fingerprint density at radius 1 is 0.889 bits per heavy atom. The van der Waals surface area contributed by atoms with Gasteiger partial charge in [0.1, 0.15) is 0 Å². The second-order valence-electron chi connectivity index (χ2n) is 6.65. The lowest BCUT2D eigenvalue weighted by Crippen LogP contribution is -1.93. The van der Waals surface area contributed by atoms with Gasteiger partial charge in [0.15, 0.2) is 6.29 Å². The molecule has 27 heavy (non-hydrogen) atoms. The molecule has 0 saturated carbocycles. The number of aryl methyl sites for hydroxylation is 1. The first-order chi connectivity index (χ1) is 13.3. The standard InChI is InChI=1S/C24H20N2O/c1-2-17-3-5-18(6-4-17)13-19-7-9-20(10-8-19)24-14-21(16-27)22-15-25-12-11-23(22)26-24/h3-12,14-16H,2,13H2,1H3. The van der Waals surface area contributed by atoms with Crippen LogP contribution in [0, 0.1) is 0 Å². The third-order valence-corrected chi connectivity index (χ3v) is 4.86. The molecule has 3 nitrogen and oxygen atoms in total. The second kappa shape index (κ2) is 7.50. The minimum absolute atomic E-state index is 0.614. The van der Waals surface area contributed by atoms with Gasteiger partial charge in [0.25, 0.3) is 0 Å². The summed E-state index contributed by atoms with van der Waals surface area (Å²) in [5.41, 5.74) is 7.12. The highest BCUT2D eigenvalue weighted by molar-refractivity contribution is 5.97. The monoisotopic (exact) mass is 352 g/mol. The molecule has 2 heterocycles. The number of hydrogen-bond donors (Lipinski definition) is 0. The van der Waals surface area contributed by atoms with Crippen molar-refractivity contribution in [2.24, 2.45) is 0 Å². The zero-order valence-corrected chi connectivity index (χ0v) is 15.2. The molecule has 4 aromatic rings. The summed E-state index contributed by atoms with van der Waals surface area (Å²) in [6.45, 7) is 2.17. The molecule has 0 saturated heterocycles. The van der Waals surface area contributed by atoms with Crippen molar-refractivity contribution in [2.45, 2.75) is 19.8 Å². The number of rotatable bonds is 5. The van der Waals surface area contributed by atoms with E-state index in [0.717, 1.165) is 41.3 Å². The Morgan fingerprint density at radius 3 is 2.22 bits per heavy atom. The minimum Gasteiger partial charge on any atom is -0.298 e. The van der Waals surface area contributed by atoms with Gasteiger partial charge in [0.2, 0.25) is 0 Å². The van der Waals surface area contributed by atoms with Gasteiger partial charge in [-0.15, -0.1) is 0 Å². The van der Waals surface area contributed by atoms with Crippen molar-refractivity contribution in [3.8, 4) is 11.3 Å². The molecule has 2 aromatic heterocycles. The van der Waals surface area contributed by atoms with Crippen molar-refractivity contribution < 1.29 is 4.79 Å². The van der Waals surface area contributed by atoms with E-state index >= 15 is 0 Å². The molecule has 0 atom stereocenters. The van der Waals surface area contributed by atoms with Gasteiger partial charge in [-0.05, 0) is 41.7 Å². The van der Waals surface area contributed by atoms with E-state index in [9.17, 15) is 4.79 Å². The van der Waals surface area contributed by atoms with Gasteiger partial charge in [0.05, 0.1) is 11.2 Å². The molecule has 0 N–H and O–H groups in total. The van der Waals surface area contributed by atoms with Crippen molar-refractivity contribution in [3.63, 3.8) is 0 Å². The Balaban J connectivity index is 1.61. The Morgan fingerprint density at radius 2 is 1.56 bits per heavy atom. The minimum atomic E-state index is 0.614. The summed E-state index contributed by atoms with van der Waals surface area (Å²) in [6, 6.07) is 20.8. The summed E-state index contributed by atoms with van der Waals surface area (Å²) in [6.07, 6.45) is 6.21. The third-order valence-electron chi connectivity index (χ3n) is 4.86. The van der Waals surface area contributed by atoms with Crippen molar-refractivity contribution in [3.05, 3.63) is 95.3 Å². The SMILES string of the molecule is CCc1ccc(Cc2ccc(-c3cc(C=O)c4cnccc4n3)cc2)cc1. The zero-order valence-electron chi connectivity index (χ0n) is 15.2. The van der Waals surface area contributed by atoms with E-state index in [1.54, 1.807) is 12.4 Å². The maximum absolute atomic E-state index is 11.5. The molecule has 0 radical (unpaired) electrons. The maximum atomic E-state index is 11.5. The Kier molecular flexibility index (Phi) is 4.75. The Hall–Kier alpha value is -3.33. The van der Waals surface area contributed by atoms with E-state index < -0.39 is 0 Å². The number of carbonyl (C=O) groups is 1. The van der Waals surface area contributed by atoms with E-state index in [1.165, 1.54) is 16.7 Å². The molecule has 4 rings (SSSR count). The molecule has 0 aliphatic rings. The van der Waals surface area contributed by atoms with Crippen molar-refractivity contribution >= 4 is 17.2 Å². The average molecular weight is 352 g/mol. The van der Waals surface area contributed by atoms with Gasteiger partial charge >= 0.3 is 0 Å². The van der Waals surface area contributed by atoms with Gasteiger partial charge in [-0.2, -0.15) is 0 Å². The summed E-state index contributed by atoms with van der Waals surface area (Å²) < 4.78 is 0. The molecule has 0 amide bonds. The molecule has 3 heteroatoms. The molecule has 0 bridgehead atoms. The van der Waals surface area contributed by atoms with Crippen molar-refractivity contribution in [1.29, 1.82) is 0 Å². The zero-order chi connectivity index (χ0) is 18.6. The molecule has 0 fully saturated rings. The maximum Gasteiger partial charge on any atom is 0.150 e. The molecule has 0 spiro atoms. The predicted molar refractivity (Wildman–Crippen MR) is 109 cm³/mol. The predicted octanol–water partition coefficient (Wildman–Crippen LogP) is 5.26. The van der Waals surface area contributed by atoms with Gasteiger partial charge in [-0.3, -0.25) is 9.78 Å². The van der Waals surface area contributed by atoms with Gasteiger partial charge in [0, 0.05) is 28.9 Å². The average Bonchev–Trinajstić information content (AvgIpc) is 2.74. The highest BCUT2D eigenvalue weighted by atomic mass is 16.1. The van der Waals surface area contributed by atoms with Gasteiger partial charge in [-0.1, -0.05) is 55.5 Å². The molecule has 0 aliphatic carbocycles. The van der Waals surface area contributed by atoms with Crippen LogP contribution in [0.1, 0.15) is 34.0 Å². The summed E-state index contributed by atoms with van der Waals surface area (Å²) in [4.78, 5) is 20.2. The highest BCUT2D eigenvalue weighted by Gasteiger charge is 2.07. The van der Waals surface area contributed by atoms with Crippen LogP contribution in [0.15, 0.2) is 73.1 Å². The first-order valence-electron chi connectivity index (χ1n) is 9.14. The molecular weight excluding hydrogens is 332 g/mol. The number of aldehydes is 1. The van der Waals surface area contributed by atoms with Crippen LogP contribution in [-0.2, 0) is 12.8 Å². The lowest BCUT2D eigenvalue weighted by Gasteiger charge is -2.08. The number of carbonyl (C=O) groups excluding carboxylic acids is 1. The third kappa shape index (κ3) is 3.63. The number of benzene rings is 2. The van der Waals surface area contributed by atoms with Crippen molar-refractivity contribution in [2.75, 3.05) is 0 Å². The van der Waals surface area contributed by atoms with Crippen LogP contribution in [0.3, 0.4) is 0 Å². The van der Waals surface area contributed by atoms with E-state index in [1.807, 2.05) is 12.1 Å². The fraction of sp³-hybridized carbons (Fsp3) is 0.125. The lowest BCUT2D eigenvalue weighted by atomic mass is 10.0. The quantitative estimate of drug-likeness (QED) is 0.460. The summed E-state index contributed by atoms with van der Waals surface area (Å²) >= 11 is 0. The lowest BCUT2D eigenvalue weighted by molar-refractivity contribution is 0.112. The van der Waals surface area contributed by atoms with Gasteiger partial charge in [-0.25, -0.2) is 4.98 Å². The molecule has 132 valence electrons. The number of nitrogens with zero attached hydrogens (tertiary/aromatic N) is 2. The first kappa shape index (κ1) is 17.1. The van der Waals surface area contributed by atoms with E-state index in [2.05, 4.69) is 65.4 Å². The molecule has 0 aliphatic heterocycles. The number of hydrogen-bond acceptors (Lipinski definition) is 3. The number of fused-ring (bicyclic) bond motifs is 1. The fourth-order valence-electron chi connectivity index (χ4n) is 3.26. The Labute approximate surface area is 158 Å². The largest absolute Gasteiger partial charge is 0.298 e. The molecule has 2 aromatic carbocycles. The summed E-state index contributed by atoms with van der Waals surface area (Å²) in [5, 5.41) is 0.781.